The number of phosphoric ester groups is 1. The maximum atomic E-state index is 12.5. The van der Waals surface area contributed by atoms with Crippen LogP contribution in [0.3, 0.4) is 0 Å². The van der Waals surface area contributed by atoms with Crippen molar-refractivity contribution < 1.29 is 32.8 Å². The first-order valence-corrected chi connectivity index (χ1v) is 20.4. The van der Waals surface area contributed by atoms with Crippen LogP contribution in [0.1, 0.15) is 174 Å². The monoisotopic (exact) mass is 674 g/mol. The lowest BCUT2D eigenvalue weighted by atomic mass is 10.0. The number of hydrogen-bond donors (Lipinski definition) is 2. The number of carbonyl (C=O) groups excluding carboxylic acids is 1. The molecular formula is C37H72NO7P. The van der Waals surface area contributed by atoms with E-state index in [1.807, 2.05) is 6.08 Å². The first-order chi connectivity index (χ1) is 22.4. The Morgan fingerprint density at radius 1 is 0.652 bits per heavy atom. The van der Waals surface area contributed by atoms with Gasteiger partial charge in [-0.1, -0.05) is 135 Å². The number of ether oxygens (including phenoxy) is 2. The lowest BCUT2D eigenvalue weighted by molar-refractivity contribution is -0.153. The topological polar surface area (TPSA) is 117 Å². The van der Waals surface area contributed by atoms with E-state index in [2.05, 4.69) is 26.0 Å². The van der Waals surface area contributed by atoms with Gasteiger partial charge in [0.2, 0.25) is 0 Å². The number of carbonyl (C=O) groups is 1. The molecule has 9 heteroatoms. The number of esters is 1. The summed E-state index contributed by atoms with van der Waals surface area (Å²) in [5.41, 5.74) is 5.34. The van der Waals surface area contributed by atoms with Gasteiger partial charge < -0.3 is 20.1 Å². The molecule has 46 heavy (non-hydrogen) atoms. The average molecular weight is 674 g/mol. The molecule has 0 amide bonds. The van der Waals surface area contributed by atoms with Gasteiger partial charge in [0.15, 0.2) is 6.10 Å². The van der Waals surface area contributed by atoms with E-state index in [9.17, 15) is 14.3 Å². The van der Waals surface area contributed by atoms with Gasteiger partial charge in [-0.2, -0.15) is 0 Å². The van der Waals surface area contributed by atoms with Crippen LogP contribution in [0.25, 0.3) is 0 Å². The molecule has 0 aliphatic heterocycles. The molecule has 3 N–H and O–H groups in total. The highest BCUT2D eigenvalue weighted by molar-refractivity contribution is 7.47. The molecule has 0 aromatic heterocycles. The van der Waals surface area contributed by atoms with Crippen molar-refractivity contribution in [3.63, 3.8) is 0 Å². The van der Waals surface area contributed by atoms with Crippen LogP contribution in [-0.2, 0) is 27.9 Å². The van der Waals surface area contributed by atoms with E-state index in [0.29, 0.717) is 6.42 Å². The summed E-state index contributed by atoms with van der Waals surface area (Å²) in [6.45, 7) is 4.21. The van der Waals surface area contributed by atoms with Gasteiger partial charge >= 0.3 is 13.8 Å². The normalized spacial score (nSPS) is 13.8. The quantitative estimate of drug-likeness (QED) is 0.0222. The highest BCUT2D eigenvalue weighted by Crippen LogP contribution is 2.43. The number of nitrogens with two attached hydrogens (primary N) is 1. The van der Waals surface area contributed by atoms with Crippen molar-refractivity contribution in [3.8, 4) is 0 Å². The Bertz CT molecular complexity index is 762. The molecule has 8 nitrogen and oxygen atoms in total. The molecule has 1 unspecified atom stereocenters. The van der Waals surface area contributed by atoms with Crippen LogP contribution in [0.4, 0.5) is 0 Å². The Morgan fingerprint density at radius 2 is 1.11 bits per heavy atom. The molecule has 2 atom stereocenters. The summed E-state index contributed by atoms with van der Waals surface area (Å²) in [4.78, 5) is 22.3. The number of hydrogen-bond acceptors (Lipinski definition) is 7. The summed E-state index contributed by atoms with van der Waals surface area (Å²) in [5.74, 6) is -0.362. The zero-order valence-electron chi connectivity index (χ0n) is 29.8. The van der Waals surface area contributed by atoms with Gasteiger partial charge in [0.25, 0.3) is 0 Å². The van der Waals surface area contributed by atoms with Gasteiger partial charge in [-0.05, 0) is 51.0 Å². The zero-order valence-corrected chi connectivity index (χ0v) is 30.7. The highest BCUT2D eigenvalue weighted by atomic mass is 31.2. The predicted molar refractivity (Wildman–Crippen MR) is 192 cm³/mol. The molecule has 0 bridgehead atoms. The summed E-state index contributed by atoms with van der Waals surface area (Å²) in [7, 11) is -4.28. The van der Waals surface area contributed by atoms with Gasteiger partial charge in [-0.15, -0.1) is 0 Å². The Labute approximate surface area is 283 Å². The Morgan fingerprint density at radius 3 is 1.63 bits per heavy atom. The van der Waals surface area contributed by atoms with E-state index in [1.165, 1.54) is 109 Å². The first kappa shape index (κ1) is 44.8. The summed E-state index contributed by atoms with van der Waals surface area (Å²) >= 11 is 0. The molecule has 0 aromatic carbocycles. The van der Waals surface area contributed by atoms with Crippen LogP contribution in [0.15, 0.2) is 24.5 Å². The van der Waals surface area contributed by atoms with Crippen LogP contribution in [0, 0.1) is 0 Å². The first-order valence-electron chi connectivity index (χ1n) is 18.9. The number of allylic oxidation sites excluding steroid dienone is 3. The van der Waals surface area contributed by atoms with E-state index in [1.54, 1.807) is 6.26 Å². The molecule has 0 rings (SSSR count). The summed E-state index contributed by atoms with van der Waals surface area (Å²) in [5, 5.41) is 0. The maximum absolute atomic E-state index is 12.5. The molecule has 0 aliphatic rings. The molecule has 0 saturated heterocycles. The summed E-state index contributed by atoms with van der Waals surface area (Å²) < 4.78 is 33.0. The lowest BCUT2D eigenvalue weighted by Gasteiger charge is -2.19. The van der Waals surface area contributed by atoms with Gasteiger partial charge in [-0.25, -0.2) is 4.57 Å². The van der Waals surface area contributed by atoms with Crippen molar-refractivity contribution in [2.75, 3.05) is 26.4 Å². The van der Waals surface area contributed by atoms with Crippen LogP contribution in [0.2, 0.25) is 0 Å². The van der Waals surface area contributed by atoms with Crippen molar-refractivity contribution in [2.24, 2.45) is 5.73 Å². The van der Waals surface area contributed by atoms with Crippen molar-refractivity contribution in [3.05, 3.63) is 24.5 Å². The third-order valence-electron chi connectivity index (χ3n) is 7.94. The standard InChI is InChI=1S/C37H72NO7P/c1-3-5-7-9-11-13-15-17-19-21-23-25-27-29-32-42-34-36(35-44-46(40,41)43-33-31-38)45-37(39)30-28-26-24-22-20-18-16-14-12-10-8-6-4-2/h14,16,29,32,36H,3-13,15,17-28,30-31,33-35,38H2,1-2H3,(H,40,41)/b16-14+,32-29+/t36-/m1/s1. The van der Waals surface area contributed by atoms with Crippen molar-refractivity contribution >= 4 is 13.8 Å². The molecule has 0 radical (unpaired) electrons. The second-order valence-corrected chi connectivity index (χ2v) is 14.0. The van der Waals surface area contributed by atoms with Crippen molar-refractivity contribution in [2.45, 2.75) is 180 Å². The minimum atomic E-state index is -4.28. The molecule has 0 spiro atoms. The Kier molecular flexibility index (Phi) is 34.2. The second kappa shape index (κ2) is 35.1. The molecule has 0 aromatic rings. The van der Waals surface area contributed by atoms with Gasteiger partial charge in [0.1, 0.15) is 6.61 Å². The smallest absolute Gasteiger partial charge is 0.472 e. The largest absolute Gasteiger partial charge is 0.498 e. The second-order valence-electron chi connectivity index (χ2n) is 12.5. The fraction of sp³-hybridized carbons (Fsp3) is 0.865. The number of phosphoric acid groups is 1. The zero-order chi connectivity index (χ0) is 33.8. The average Bonchev–Trinajstić information content (AvgIpc) is 3.04. The van der Waals surface area contributed by atoms with E-state index >= 15 is 0 Å². The summed E-state index contributed by atoms with van der Waals surface area (Å²) in [6.07, 6.45) is 37.1. The fourth-order valence-electron chi connectivity index (χ4n) is 5.13. The van der Waals surface area contributed by atoms with E-state index < -0.39 is 13.9 Å². The molecule has 0 heterocycles. The van der Waals surface area contributed by atoms with Crippen molar-refractivity contribution in [1.82, 2.24) is 0 Å². The Balaban J connectivity index is 4.16. The number of rotatable bonds is 36. The summed E-state index contributed by atoms with van der Waals surface area (Å²) in [6, 6.07) is 0. The Hall–Kier alpha value is -1.18. The van der Waals surface area contributed by atoms with E-state index in [0.717, 1.165) is 44.9 Å². The van der Waals surface area contributed by atoms with Crippen LogP contribution < -0.4 is 5.73 Å². The minimum absolute atomic E-state index is 0.0314. The molecule has 0 aliphatic carbocycles. The number of unbranched alkanes of at least 4 members (excludes halogenated alkanes) is 21. The molecular weight excluding hydrogens is 601 g/mol. The predicted octanol–water partition coefficient (Wildman–Crippen LogP) is 10.9. The molecule has 0 fully saturated rings. The van der Waals surface area contributed by atoms with Crippen molar-refractivity contribution in [1.29, 1.82) is 0 Å². The van der Waals surface area contributed by atoms with Crippen LogP contribution in [-0.4, -0.2) is 43.3 Å². The van der Waals surface area contributed by atoms with E-state index in [-0.39, 0.29) is 32.3 Å². The van der Waals surface area contributed by atoms with Gasteiger partial charge in [0.05, 0.1) is 19.5 Å². The van der Waals surface area contributed by atoms with Gasteiger partial charge in [-0.3, -0.25) is 13.8 Å². The van der Waals surface area contributed by atoms with Crippen LogP contribution >= 0.6 is 7.82 Å². The highest BCUT2D eigenvalue weighted by Gasteiger charge is 2.25. The fourth-order valence-corrected chi connectivity index (χ4v) is 5.90. The molecule has 0 saturated carbocycles. The van der Waals surface area contributed by atoms with Gasteiger partial charge in [0, 0.05) is 13.0 Å². The SMILES string of the molecule is CCCCCC/C=C/CCCCCCCC(=O)O[C@H](CO/C=C/CCCCCCCCCCCCCC)COP(=O)(O)OCCN. The van der Waals surface area contributed by atoms with Crippen LogP contribution in [0.5, 0.6) is 0 Å². The van der Waals surface area contributed by atoms with E-state index in [4.69, 9.17) is 24.3 Å². The molecule has 272 valence electrons. The third kappa shape index (κ3) is 34.2. The third-order valence-corrected chi connectivity index (χ3v) is 8.92. The minimum Gasteiger partial charge on any atom is -0.498 e. The maximum Gasteiger partial charge on any atom is 0.472 e. The lowest BCUT2D eigenvalue weighted by Crippen LogP contribution is -2.27.